The van der Waals surface area contributed by atoms with Gasteiger partial charge in [-0.3, -0.25) is 9.59 Å². The highest BCUT2D eigenvalue weighted by Crippen LogP contribution is 2.56. The lowest BCUT2D eigenvalue weighted by molar-refractivity contribution is -0.176. The van der Waals surface area contributed by atoms with Gasteiger partial charge in [-0.25, -0.2) is 0 Å². The summed E-state index contributed by atoms with van der Waals surface area (Å²) in [6.07, 6.45) is 3.78. The molecule has 2 aliphatic heterocycles. The highest BCUT2D eigenvalue weighted by Gasteiger charge is 2.65. The molecule has 0 aromatic heterocycles. The van der Waals surface area contributed by atoms with Crippen LogP contribution < -0.4 is 0 Å². The molecule has 0 N–H and O–H groups in total. The predicted molar refractivity (Wildman–Crippen MR) is 83.5 cm³/mol. The van der Waals surface area contributed by atoms with Crippen molar-refractivity contribution in [1.29, 1.82) is 0 Å². The van der Waals surface area contributed by atoms with Gasteiger partial charge in [0.25, 0.3) is 0 Å². The average molecular weight is 318 g/mol. The van der Waals surface area contributed by atoms with Crippen molar-refractivity contribution >= 4 is 23.7 Å². The third-order valence-electron chi connectivity index (χ3n) is 4.47. The van der Waals surface area contributed by atoms with Crippen LogP contribution in [0.2, 0.25) is 0 Å². The van der Waals surface area contributed by atoms with Crippen molar-refractivity contribution in [2.45, 2.75) is 36.0 Å². The topological polar surface area (TPSA) is 52.6 Å². The molecular formula is C17H18O4S. The van der Waals surface area contributed by atoms with Crippen molar-refractivity contribution < 1.29 is 19.1 Å². The summed E-state index contributed by atoms with van der Waals surface area (Å²) in [5, 5.41) is 0. The molecule has 0 radical (unpaired) electrons. The number of methoxy groups -OCH3 is 1. The van der Waals surface area contributed by atoms with Crippen molar-refractivity contribution in [1.82, 2.24) is 0 Å². The predicted octanol–water partition coefficient (Wildman–Crippen LogP) is 2.89. The van der Waals surface area contributed by atoms with E-state index in [4.69, 9.17) is 9.47 Å². The van der Waals surface area contributed by atoms with Crippen LogP contribution in [0, 0.1) is 12.3 Å². The second-order valence-electron chi connectivity index (χ2n) is 5.98. The Bertz CT molecular complexity index is 651. The summed E-state index contributed by atoms with van der Waals surface area (Å²) in [5.41, 5.74) is 0.203. The molecule has 116 valence electrons. The molecule has 4 rings (SSSR count). The van der Waals surface area contributed by atoms with Gasteiger partial charge in [0.15, 0.2) is 4.75 Å². The zero-order chi connectivity index (χ0) is 16.0. The highest BCUT2D eigenvalue weighted by molar-refractivity contribution is 8.01. The van der Waals surface area contributed by atoms with Gasteiger partial charge < -0.3 is 9.47 Å². The third kappa shape index (κ3) is 2.07. The van der Waals surface area contributed by atoms with Crippen LogP contribution >= 0.6 is 11.8 Å². The third-order valence-corrected chi connectivity index (χ3v) is 6.06. The lowest BCUT2D eigenvalue weighted by Crippen LogP contribution is -2.62. The van der Waals surface area contributed by atoms with Gasteiger partial charge in [0, 0.05) is 11.3 Å². The van der Waals surface area contributed by atoms with E-state index in [2.05, 4.69) is 0 Å². The quantitative estimate of drug-likeness (QED) is 0.633. The molecule has 0 saturated carbocycles. The van der Waals surface area contributed by atoms with Gasteiger partial charge in [-0.05, 0) is 32.1 Å². The van der Waals surface area contributed by atoms with Crippen molar-refractivity contribution in [2.24, 2.45) is 5.41 Å². The molecule has 1 aromatic rings. The molecule has 4 nitrogen and oxygen atoms in total. The number of hydrogen-bond donors (Lipinski definition) is 0. The molecule has 0 unspecified atom stereocenters. The molecule has 1 saturated heterocycles. The minimum Gasteiger partial charge on any atom is -0.469 e. The van der Waals surface area contributed by atoms with Crippen LogP contribution in [0.25, 0.3) is 0 Å². The Kier molecular flexibility index (Phi) is 3.56. The molecule has 22 heavy (non-hydrogen) atoms. The fourth-order valence-electron chi connectivity index (χ4n) is 3.09. The van der Waals surface area contributed by atoms with E-state index in [0.717, 1.165) is 10.5 Å². The van der Waals surface area contributed by atoms with Crippen molar-refractivity contribution in [2.75, 3.05) is 7.11 Å². The average Bonchev–Trinajstić information content (AvgIpc) is 2.50. The Morgan fingerprint density at radius 2 is 2.05 bits per heavy atom. The van der Waals surface area contributed by atoms with Gasteiger partial charge >= 0.3 is 11.9 Å². The van der Waals surface area contributed by atoms with E-state index >= 15 is 0 Å². The maximum Gasteiger partial charge on any atom is 0.328 e. The Labute approximate surface area is 133 Å². The summed E-state index contributed by atoms with van der Waals surface area (Å²) in [4.78, 5) is 25.9. The van der Waals surface area contributed by atoms with Gasteiger partial charge in [0.05, 0.1) is 12.5 Å². The van der Waals surface area contributed by atoms with Crippen LogP contribution in [-0.2, 0) is 19.1 Å². The number of fused-ring (bicyclic) bond motifs is 2. The van der Waals surface area contributed by atoms with Gasteiger partial charge in [-0.1, -0.05) is 23.8 Å². The molecule has 0 spiro atoms. The van der Waals surface area contributed by atoms with Crippen LogP contribution in [0.3, 0.4) is 0 Å². The van der Waals surface area contributed by atoms with Crippen LogP contribution in [0.15, 0.2) is 41.3 Å². The molecule has 1 aliphatic carbocycles. The van der Waals surface area contributed by atoms with E-state index < -0.39 is 10.2 Å². The number of aryl methyl sites for hydroxylation is 1. The van der Waals surface area contributed by atoms with Gasteiger partial charge in [0.2, 0.25) is 0 Å². The Morgan fingerprint density at radius 3 is 2.64 bits per heavy atom. The Hall–Kier alpha value is -1.75. The van der Waals surface area contributed by atoms with E-state index in [0.29, 0.717) is 6.42 Å². The van der Waals surface area contributed by atoms with E-state index in [1.54, 1.807) is 6.92 Å². The highest BCUT2D eigenvalue weighted by atomic mass is 32.2. The van der Waals surface area contributed by atoms with E-state index in [9.17, 15) is 9.59 Å². The minimum atomic E-state index is -1.08. The van der Waals surface area contributed by atoms with E-state index in [1.165, 1.54) is 18.9 Å². The molecule has 5 heteroatoms. The van der Waals surface area contributed by atoms with Crippen LogP contribution in [0.1, 0.15) is 18.9 Å². The number of carbonyl (C=O) groups excluding carboxylic acids is 2. The molecule has 1 fully saturated rings. The molecular weight excluding hydrogens is 300 g/mol. The number of benzene rings is 1. The van der Waals surface area contributed by atoms with E-state index in [-0.39, 0.29) is 18.0 Å². The number of ether oxygens (including phenoxy) is 2. The summed E-state index contributed by atoms with van der Waals surface area (Å²) >= 11 is 1.36. The monoisotopic (exact) mass is 318 g/mol. The molecule has 2 bridgehead atoms. The minimum absolute atomic E-state index is 0.350. The first-order valence-corrected chi connectivity index (χ1v) is 7.97. The summed E-state index contributed by atoms with van der Waals surface area (Å²) in [5.74, 6) is -0.747. The normalized spacial score (nSPS) is 32.7. The Morgan fingerprint density at radius 1 is 1.36 bits per heavy atom. The first-order chi connectivity index (χ1) is 10.4. The van der Waals surface area contributed by atoms with Crippen LogP contribution in [-0.4, -0.2) is 29.9 Å². The van der Waals surface area contributed by atoms with Crippen LogP contribution in [0.5, 0.6) is 0 Å². The summed E-state index contributed by atoms with van der Waals surface area (Å²) < 4.78 is 9.32. The maximum atomic E-state index is 12.6. The van der Waals surface area contributed by atoms with Gasteiger partial charge in [-0.2, -0.15) is 0 Å². The smallest absolute Gasteiger partial charge is 0.328 e. The van der Waals surface area contributed by atoms with E-state index in [1.807, 2.05) is 43.3 Å². The standard InChI is InChI=1S/C17H18O4S/c1-11-4-6-13(7-5-11)22-17-9-8-12(21-15(17)19)10-16(17,2)14(18)20-3/h4-9,12H,10H2,1-3H3/t12-,16-,17+/m1/s1. The summed E-state index contributed by atoms with van der Waals surface area (Å²) in [6.45, 7) is 3.79. The van der Waals surface area contributed by atoms with Gasteiger partial charge in [-0.15, -0.1) is 11.8 Å². The number of esters is 2. The lowest BCUT2D eigenvalue weighted by Gasteiger charge is -2.50. The summed E-state index contributed by atoms with van der Waals surface area (Å²) in [6, 6.07) is 7.87. The van der Waals surface area contributed by atoms with Crippen molar-refractivity contribution in [3.8, 4) is 0 Å². The van der Waals surface area contributed by atoms with Crippen molar-refractivity contribution in [3.05, 3.63) is 42.0 Å². The molecule has 2 heterocycles. The molecule has 3 aliphatic rings. The number of thioether (sulfide) groups is 1. The van der Waals surface area contributed by atoms with Crippen molar-refractivity contribution in [3.63, 3.8) is 0 Å². The zero-order valence-corrected chi connectivity index (χ0v) is 13.6. The van der Waals surface area contributed by atoms with Crippen LogP contribution in [0.4, 0.5) is 0 Å². The summed E-state index contributed by atoms with van der Waals surface area (Å²) in [7, 11) is 1.36. The lowest BCUT2D eigenvalue weighted by atomic mass is 9.67. The first-order valence-electron chi connectivity index (χ1n) is 7.16. The second-order valence-corrected chi connectivity index (χ2v) is 7.30. The molecule has 1 aromatic carbocycles. The number of rotatable bonds is 3. The fourth-order valence-corrected chi connectivity index (χ4v) is 4.40. The SMILES string of the molecule is COC(=O)[C@@]1(C)C[C@H]2C=C[C@]1(Sc1ccc(C)cc1)C(=O)O2. The second kappa shape index (κ2) is 5.16. The zero-order valence-electron chi connectivity index (χ0n) is 12.8. The van der Waals surface area contributed by atoms with Gasteiger partial charge in [0.1, 0.15) is 6.10 Å². The number of hydrogen-bond acceptors (Lipinski definition) is 5. The first kappa shape index (κ1) is 15.2. The Balaban J connectivity index is 2.06. The molecule has 3 atom stereocenters. The largest absolute Gasteiger partial charge is 0.469 e. The molecule has 0 amide bonds. The maximum absolute atomic E-state index is 12.6. The number of carbonyl (C=O) groups is 2. The fraction of sp³-hybridized carbons (Fsp3) is 0.412.